The predicted molar refractivity (Wildman–Crippen MR) is 85.7 cm³/mol. The molecule has 0 saturated heterocycles. The maximum Gasteiger partial charge on any atom is 0.251 e. The fourth-order valence-corrected chi connectivity index (χ4v) is 3.04. The molecule has 21 heavy (non-hydrogen) atoms. The van der Waals surface area contributed by atoms with Crippen LogP contribution in [0.3, 0.4) is 0 Å². The standard InChI is InChI=1S/C13H9Br2N5O/c1-20-6-7(4-17-20)10-3-11(21)19-13(18-10)12-9(15)2-8(14)5-16-12/h2-6H,1H3,(H,18,19,21). The maximum atomic E-state index is 11.9. The zero-order valence-corrected chi connectivity index (χ0v) is 14.0. The van der Waals surface area contributed by atoms with Gasteiger partial charge in [0.2, 0.25) is 0 Å². The maximum absolute atomic E-state index is 11.9. The fraction of sp³-hybridized carbons (Fsp3) is 0.0769. The van der Waals surface area contributed by atoms with Crippen molar-refractivity contribution in [2.75, 3.05) is 0 Å². The van der Waals surface area contributed by atoms with Crippen molar-refractivity contribution in [3.8, 4) is 22.8 Å². The highest BCUT2D eigenvalue weighted by Crippen LogP contribution is 2.26. The molecule has 0 radical (unpaired) electrons. The molecule has 3 heterocycles. The Balaban J connectivity index is 2.16. The quantitative estimate of drug-likeness (QED) is 0.704. The van der Waals surface area contributed by atoms with Crippen LogP contribution in [0.5, 0.6) is 0 Å². The number of nitrogens with zero attached hydrogens (tertiary/aromatic N) is 4. The predicted octanol–water partition coefficient (Wildman–Crippen LogP) is 2.76. The van der Waals surface area contributed by atoms with E-state index in [0.717, 1.165) is 14.5 Å². The Hall–Kier alpha value is -1.80. The van der Waals surface area contributed by atoms with Crippen LogP contribution in [0, 0.1) is 0 Å². The average Bonchev–Trinajstić information content (AvgIpc) is 2.84. The molecule has 3 aromatic heterocycles. The van der Waals surface area contributed by atoms with Crippen LogP contribution in [0.2, 0.25) is 0 Å². The zero-order chi connectivity index (χ0) is 15.0. The summed E-state index contributed by atoms with van der Waals surface area (Å²) in [7, 11) is 1.81. The number of aryl methyl sites for hydroxylation is 1. The van der Waals surface area contributed by atoms with Gasteiger partial charge in [-0.3, -0.25) is 14.5 Å². The molecule has 0 spiro atoms. The number of hydrogen-bond donors (Lipinski definition) is 1. The van der Waals surface area contributed by atoms with E-state index in [9.17, 15) is 4.79 Å². The number of halogens is 2. The van der Waals surface area contributed by atoms with Crippen molar-refractivity contribution in [2.45, 2.75) is 0 Å². The number of aromatic amines is 1. The molecule has 0 atom stereocenters. The minimum absolute atomic E-state index is 0.240. The summed E-state index contributed by atoms with van der Waals surface area (Å²) in [5, 5.41) is 4.09. The second-order valence-electron chi connectivity index (χ2n) is 4.37. The van der Waals surface area contributed by atoms with Gasteiger partial charge in [0.05, 0.1) is 11.9 Å². The second-order valence-corrected chi connectivity index (χ2v) is 6.14. The Morgan fingerprint density at radius 3 is 2.71 bits per heavy atom. The van der Waals surface area contributed by atoms with Gasteiger partial charge >= 0.3 is 0 Å². The highest BCUT2D eigenvalue weighted by Gasteiger charge is 2.11. The van der Waals surface area contributed by atoms with E-state index >= 15 is 0 Å². The van der Waals surface area contributed by atoms with E-state index < -0.39 is 0 Å². The van der Waals surface area contributed by atoms with Gasteiger partial charge in [-0.15, -0.1) is 0 Å². The van der Waals surface area contributed by atoms with Crippen LogP contribution in [0.25, 0.3) is 22.8 Å². The number of pyridine rings is 1. The van der Waals surface area contributed by atoms with Crippen molar-refractivity contribution < 1.29 is 0 Å². The summed E-state index contributed by atoms with van der Waals surface area (Å²) in [6, 6.07) is 3.28. The highest BCUT2D eigenvalue weighted by molar-refractivity contribution is 9.11. The van der Waals surface area contributed by atoms with Crippen LogP contribution in [0.15, 0.2) is 44.5 Å². The normalized spacial score (nSPS) is 10.8. The Morgan fingerprint density at radius 1 is 1.24 bits per heavy atom. The third kappa shape index (κ3) is 2.96. The number of nitrogens with one attached hydrogen (secondary N) is 1. The van der Waals surface area contributed by atoms with Crippen LogP contribution < -0.4 is 5.56 Å². The van der Waals surface area contributed by atoms with E-state index in [1.165, 1.54) is 6.07 Å². The molecule has 0 bridgehead atoms. The highest BCUT2D eigenvalue weighted by atomic mass is 79.9. The summed E-state index contributed by atoms with van der Waals surface area (Å²) in [5.74, 6) is 0.403. The molecule has 3 rings (SSSR count). The minimum Gasteiger partial charge on any atom is -0.305 e. The van der Waals surface area contributed by atoms with Crippen LogP contribution in [-0.2, 0) is 7.05 Å². The van der Waals surface area contributed by atoms with Gasteiger partial charge in [-0.2, -0.15) is 5.10 Å². The Labute approximate surface area is 136 Å². The van der Waals surface area contributed by atoms with Crippen molar-refractivity contribution in [1.82, 2.24) is 24.7 Å². The van der Waals surface area contributed by atoms with E-state index in [2.05, 4.69) is 51.9 Å². The van der Waals surface area contributed by atoms with Crippen LogP contribution >= 0.6 is 31.9 Å². The van der Waals surface area contributed by atoms with Crippen molar-refractivity contribution in [1.29, 1.82) is 0 Å². The third-order valence-electron chi connectivity index (χ3n) is 2.77. The minimum atomic E-state index is -0.240. The Kier molecular flexibility index (Phi) is 3.73. The van der Waals surface area contributed by atoms with Gasteiger partial charge in [-0.1, -0.05) is 0 Å². The van der Waals surface area contributed by atoms with E-state index in [-0.39, 0.29) is 5.56 Å². The third-order valence-corrected chi connectivity index (χ3v) is 3.81. The molecule has 0 aliphatic carbocycles. The SMILES string of the molecule is Cn1cc(-c2cc(=O)[nH]c(-c3ncc(Br)cc3Br)n2)cn1. The smallest absolute Gasteiger partial charge is 0.251 e. The summed E-state index contributed by atoms with van der Waals surface area (Å²) in [5.41, 5.74) is 1.66. The van der Waals surface area contributed by atoms with Crippen molar-refractivity contribution in [3.63, 3.8) is 0 Å². The second kappa shape index (κ2) is 5.53. The lowest BCUT2D eigenvalue weighted by Crippen LogP contribution is -2.09. The molecule has 0 unspecified atom stereocenters. The molecule has 0 fully saturated rings. The lowest BCUT2D eigenvalue weighted by molar-refractivity contribution is 0.768. The van der Waals surface area contributed by atoms with Gasteiger partial charge in [0, 0.05) is 40.0 Å². The van der Waals surface area contributed by atoms with Gasteiger partial charge < -0.3 is 4.98 Å². The molecule has 0 amide bonds. The monoisotopic (exact) mass is 409 g/mol. The first-order chi connectivity index (χ1) is 10.0. The fourth-order valence-electron chi connectivity index (χ4n) is 1.86. The van der Waals surface area contributed by atoms with E-state index in [1.54, 1.807) is 23.3 Å². The van der Waals surface area contributed by atoms with Crippen molar-refractivity contribution in [2.24, 2.45) is 7.05 Å². The number of H-pyrrole nitrogens is 1. The molecule has 6 nitrogen and oxygen atoms in total. The lowest BCUT2D eigenvalue weighted by Gasteiger charge is -2.05. The first kappa shape index (κ1) is 14.2. The number of hydrogen-bond acceptors (Lipinski definition) is 4. The van der Waals surface area contributed by atoms with Gasteiger partial charge in [-0.25, -0.2) is 4.98 Å². The van der Waals surface area contributed by atoms with Crippen LogP contribution in [0.1, 0.15) is 0 Å². The lowest BCUT2D eigenvalue weighted by atomic mass is 10.2. The molecule has 0 aromatic carbocycles. The van der Waals surface area contributed by atoms with Gasteiger partial charge in [-0.05, 0) is 37.9 Å². The summed E-state index contributed by atoms with van der Waals surface area (Å²) in [4.78, 5) is 23.3. The summed E-state index contributed by atoms with van der Waals surface area (Å²) in [6.07, 6.45) is 5.11. The summed E-state index contributed by atoms with van der Waals surface area (Å²) >= 11 is 6.76. The first-order valence-corrected chi connectivity index (χ1v) is 7.53. The van der Waals surface area contributed by atoms with Crippen LogP contribution in [-0.4, -0.2) is 24.7 Å². The Morgan fingerprint density at radius 2 is 2.05 bits per heavy atom. The van der Waals surface area contributed by atoms with E-state index in [4.69, 9.17) is 0 Å². The van der Waals surface area contributed by atoms with Crippen LogP contribution in [0.4, 0.5) is 0 Å². The molecule has 1 N–H and O–H groups in total. The van der Waals surface area contributed by atoms with Gasteiger partial charge in [0.15, 0.2) is 5.82 Å². The molecular weight excluding hydrogens is 402 g/mol. The Bertz CT molecular complexity index is 871. The molecule has 8 heteroatoms. The topological polar surface area (TPSA) is 76.5 Å². The van der Waals surface area contributed by atoms with E-state index in [1.807, 2.05) is 13.1 Å². The summed E-state index contributed by atoms with van der Waals surface area (Å²) < 4.78 is 3.23. The van der Waals surface area contributed by atoms with Gasteiger partial charge in [0.1, 0.15) is 5.69 Å². The molecule has 106 valence electrons. The number of aromatic nitrogens is 5. The average molecular weight is 411 g/mol. The van der Waals surface area contributed by atoms with Crippen molar-refractivity contribution in [3.05, 3.63) is 50.0 Å². The largest absolute Gasteiger partial charge is 0.305 e. The van der Waals surface area contributed by atoms with E-state index in [0.29, 0.717) is 17.2 Å². The summed E-state index contributed by atoms with van der Waals surface area (Å²) in [6.45, 7) is 0. The zero-order valence-electron chi connectivity index (χ0n) is 10.8. The number of rotatable bonds is 2. The van der Waals surface area contributed by atoms with Gasteiger partial charge in [0.25, 0.3) is 5.56 Å². The molecule has 3 aromatic rings. The molecule has 0 saturated carbocycles. The molecule has 0 aliphatic heterocycles. The molecular formula is C13H9Br2N5O. The molecule has 0 aliphatic rings. The first-order valence-electron chi connectivity index (χ1n) is 5.95. The van der Waals surface area contributed by atoms with Crippen molar-refractivity contribution >= 4 is 31.9 Å².